The van der Waals surface area contributed by atoms with Gasteiger partial charge in [-0.25, -0.2) is 0 Å². The second-order valence-electron chi connectivity index (χ2n) is 3.99. The number of carbonyl (C=O) groups is 1. The maximum atomic E-state index is 12.7. The van der Waals surface area contributed by atoms with Crippen molar-refractivity contribution in [2.75, 3.05) is 0 Å². The van der Waals surface area contributed by atoms with E-state index in [4.69, 9.17) is 9.53 Å². The number of carboxylic acids is 1. The second-order valence-corrected chi connectivity index (χ2v) is 8.71. The first kappa shape index (κ1) is 16.4. The molecule has 0 amide bonds. The molecule has 0 rings (SSSR count). The summed E-state index contributed by atoms with van der Waals surface area (Å²) in [5.74, 6) is -1.49. The van der Waals surface area contributed by atoms with E-state index in [1.165, 1.54) is 0 Å². The lowest BCUT2D eigenvalue weighted by molar-refractivity contribution is -0.203. The molecule has 0 aromatic rings. The number of carboxylic acid groups (broad SMARTS) is 1. The average Bonchev–Trinajstić information content (AvgIpc) is 2.23. The SMILES string of the molecule is CC[Si](CC)(CC)OC(CC(=O)O)C(F)(F)F. The highest BCUT2D eigenvalue weighted by molar-refractivity contribution is 6.73. The minimum Gasteiger partial charge on any atom is -0.481 e. The molecule has 0 spiro atoms. The van der Waals surface area contributed by atoms with Gasteiger partial charge in [0.1, 0.15) is 0 Å². The lowest BCUT2D eigenvalue weighted by atomic mass is 10.2. The molecule has 17 heavy (non-hydrogen) atoms. The molecule has 1 atom stereocenters. The fourth-order valence-corrected chi connectivity index (χ4v) is 4.51. The highest BCUT2D eigenvalue weighted by Gasteiger charge is 2.46. The van der Waals surface area contributed by atoms with Crippen molar-refractivity contribution in [3.8, 4) is 0 Å². The first-order chi connectivity index (χ1) is 7.70. The van der Waals surface area contributed by atoms with Crippen molar-refractivity contribution < 1.29 is 27.5 Å². The van der Waals surface area contributed by atoms with Crippen LogP contribution in [0.3, 0.4) is 0 Å². The van der Waals surface area contributed by atoms with Gasteiger partial charge in [0.25, 0.3) is 0 Å². The van der Waals surface area contributed by atoms with Gasteiger partial charge >= 0.3 is 12.1 Å². The number of hydrogen-bond donors (Lipinski definition) is 1. The van der Waals surface area contributed by atoms with Gasteiger partial charge in [-0.15, -0.1) is 0 Å². The Kier molecular flexibility index (Phi) is 6.18. The summed E-state index contributed by atoms with van der Waals surface area (Å²) in [4.78, 5) is 10.4. The van der Waals surface area contributed by atoms with Crippen LogP contribution in [-0.2, 0) is 9.22 Å². The quantitative estimate of drug-likeness (QED) is 0.722. The monoisotopic (exact) mass is 272 g/mol. The van der Waals surface area contributed by atoms with Crippen LogP contribution in [0, 0.1) is 0 Å². The van der Waals surface area contributed by atoms with Crippen molar-refractivity contribution in [1.82, 2.24) is 0 Å². The fourth-order valence-electron chi connectivity index (χ4n) is 1.68. The Bertz CT molecular complexity index is 243. The Labute approximate surface area is 100 Å². The lowest BCUT2D eigenvalue weighted by Crippen LogP contribution is -2.46. The van der Waals surface area contributed by atoms with Gasteiger partial charge in [0.2, 0.25) is 0 Å². The Morgan fingerprint density at radius 2 is 1.65 bits per heavy atom. The van der Waals surface area contributed by atoms with Crippen LogP contribution in [0.25, 0.3) is 0 Å². The Balaban J connectivity index is 4.89. The molecule has 0 aliphatic carbocycles. The smallest absolute Gasteiger partial charge is 0.413 e. The summed E-state index contributed by atoms with van der Waals surface area (Å²) < 4.78 is 43.2. The van der Waals surface area contributed by atoms with Gasteiger partial charge in [0, 0.05) is 0 Å². The van der Waals surface area contributed by atoms with E-state index in [9.17, 15) is 18.0 Å². The number of aliphatic carboxylic acids is 1. The van der Waals surface area contributed by atoms with Gasteiger partial charge in [0.15, 0.2) is 14.4 Å². The molecule has 0 aliphatic heterocycles. The molecule has 102 valence electrons. The van der Waals surface area contributed by atoms with Crippen molar-refractivity contribution >= 4 is 14.3 Å². The van der Waals surface area contributed by atoms with Crippen LogP contribution in [0.2, 0.25) is 18.1 Å². The molecule has 3 nitrogen and oxygen atoms in total. The first-order valence-corrected chi connectivity index (χ1v) is 8.20. The van der Waals surface area contributed by atoms with E-state index in [2.05, 4.69) is 0 Å². The molecule has 0 fully saturated rings. The zero-order chi connectivity index (χ0) is 13.7. The summed E-state index contributed by atoms with van der Waals surface area (Å²) >= 11 is 0. The number of halogens is 3. The van der Waals surface area contributed by atoms with Gasteiger partial charge in [-0.3, -0.25) is 4.79 Å². The lowest BCUT2D eigenvalue weighted by Gasteiger charge is -2.33. The summed E-state index contributed by atoms with van der Waals surface area (Å²) in [5, 5.41) is 8.50. The predicted molar refractivity (Wildman–Crippen MR) is 60.4 cm³/mol. The number of rotatable bonds is 7. The summed E-state index contributed by atoms with van der Waals surface area (Å²) in [5.41, 5.74) is 0. The Morgan fingerprint density at radius 1 is 1.24 bits per heavy atom. The minimum absolute atomic E-state index is 0.562. The van der Waals surface area contributed by atoms with E-state index in [1.54, 1.807) is 20.8 Å². The van der Waals surface area contributed by atoms with Crippen LogP contribution in [0.5, 0.6) is 0 Å². The van der Waals surface area contributed by atoms with Crippen LogP contribution < -0.4 is 0 Å². The highest BCUT2D eigenvalue weighted by atomic mass is 28.4. The summed E-state index contributed by atoms with van der Waals surface area (Å²) in [6.07, 6.45) is -7.81. The number of hydrogen-bond acceptors (Lipinski definition) is 2. The molecule has 0 aliphatic rings. The van der Waals surface area contributed by atoms with E-state index in [-0.39, 0.29) is 0 Å². The molecule has 0 saturated carbocycles. The summed E-state index contributed by atoms with van der Waals surface area (Å²) in [6.45, 7) is 5.40. The third kappa shape index (κ3) is 5.07. The average molecular weight is 272 g/mol. The van der Waals surface area contributed by atoms with E-state index in [1.807, 2.05) is 0 Å². The molecule has 0 aromatic heterocycles. The Morgan fingerprint density at radius 3 is 1.88 bits per heavy atom. The molecule has 0 heterocycles. The molecular formula is C10H19F3O3Si. The van der Waals surface area contributed by atoms with Crippen molar-refractivity contribution in [1.29, 1.82) is 0 Å². The second kappa shape index (κ2) is 6.39. The number of alkyl halides is 3. The van der Waals surface area contributed by atoms with Crippen molar-refractivity contribution in [2.24, 2.45) is 0 Å². The normalized spacial score (nSPS) is 14.7. The molecule has 1 N–H and O–H groups in total. The molecule has 1 unspecified atom stereocenters. The maximum Gasteiger partial charge on any atom is 0.413 e. The zero-order valence-corrected chi connectivity index (χ0v) is 11.3. The van der Waals surface area contributed by atoms with E-state index < -0.39 is 33.0 Å². The van der Waals surface area contributed by atoms with Gasteiger partial charge < -0.3 is 9.53 Å². The van der Waals surface area contributed by atoms with Gasteiger partial charge in [-0.2, -0.15) is 13.2 Å². The topological polar surface area (TPSA) is 46.5 Å². The van der Waals surface area contributed by atoms with E-state index in [0.717, 1.165) is 0 Å². The molecule has 0 radical (unpaired) electrons. The maximum absolute atomic E-state index is 12.7. The van der Waals surface area contributed by atoms with Crippen LogP contribution in [0.4, 0.5) is 13.2 Å². The van der Waals surface area contributed by atoms with Crippen molar-refractivity contribution in [3.63, 3.8) is 0 Å². The third-order valence-corrected chi connectivity index (χ3v) is 7.70. The Hall–Kier alpha value is -0.563. The van der Waals surface area contributed by atoms with E-state index in [0.29, 0.717) is 18.1 Å². The molecule has 0 saturated heterocycles. The predicted octanol–water partition coefficient (Wildman–Crippen LogP) is 3.41. The zero-order valence-electron chi connectivity index (χ0n) is 10.3. The van der Waals surface area contributed by atoms with Crippen LogP contribution in [0.1, 0.15) is 27.2 Å². The van der Waals surface area contributed by atoms with Gasteiger partial charge in [0.05, 0.1) is 6.42 Å². The van der Waals surface area contributed by atoms with Crippen LogP contribution >= 0.6 is 0 Å². The molecular weight excluding hydrogens is 253 g/mol. The fraction of sp³-hybridized carbons (Fsp3) is 0.900. The van der Waals surface area contributed by atoms with E-state index >= 15 is 0 Å². The molecule has 0 bridgehead atoms. The van der Waals surface area contributed by atoms with Gasteiger partial charge in [-0.05, 0) is 18.1 Å². The molecule has 7 heteroatoms. The summed E-state index contributed by atoms with van der Waals surface area (Å²) in [7, 11) is -2.44. The standard InChI is InChI=1S/C10H19F3O3Si/c1-4-17(5-2,6-3)16-8(7-9(14)15)10(11,12)13/h8H,4-7H2,1-3H3,(H,14,15). The first-order valence-electron chi connectivity index (χ1n) is 5.67. The van der Waals surface area contributed by atoms with Gasteiger partial charge in [-0.1, -0.05) is 20.8 Å². The van der Waals surface area contributed by atoms with Crippen molar-refractivity contribution in [3.05, 3.63) is 0 Å². The van der Waals surface area contributed by atoms with Crippen LogP contribution in [0.15, 0.2) is 0 Å². The minimum atomic E-state index is -4.61. The third-order valence-electron chi connectivity index (χ3n) is 3.05. The van der Waals surface area contributed by atoms with Crippen molar-refractivity contribution in [2.45, 2.75) is 57.6 Å². The summed E-state index contributed by atoms with van der Waals surface area (Å²) in [6, 6.07) is 1.69. The van der Waals surface area contributed by atoms with Crippen LogP contribution in [-0.4, -0.2) is 31.7 Å². The highest BCUT2D eigenvalue weighted by Crippen LogP contribution is 2.32. The largest absolute Gasteiger partial charge is 0.481 e. The molecule has 0 aromatic carbocycles.